The Morgan fingerprint density at radius 1 is 1.12 bits per heavy atom. The number of rotatable bonds is 6. The molecule has 2 rings (SSSR count). The number of likely N-dealkylation sites (tertiary alicyclic amines) is 2. The summed E-state index contributed by atoms with van der Waals surface area (Å²) < 4.78 is 0. The Morgan fingerprint density at radius 2 is 1.75 bits per heavy atom. The summed E-state index contributed by atoms with van der Waals surface area (Å²) in [7, 11) is 2.23. The minimum Gasteiger partial charge on any atom is -0.370 e. The van der Waals surface area contributed by atoms with Crippen LogP contribution in [0.1, 0.15) is 52.4 Å². The molecule has 0 unspecified atom stereocenters. The normalized spacial score (nSPS) is 23.1. The summed E-state index contributed by atoms with van der Waals surface area (Å²) in [6, 6.07) is 0. The first-order chi connectivity index (χ1) is 11.0. The van der Waals surface area contributed by atoms with Crippen LogP contribution in [0.4, 0.5) is 0 Å². The number of piperidine rings is 2. The molecule has 2 fully saturated rings. The van der Waals surface area contributed by atoms with Gasteiger partial charge in [0.25, 0.3) is 0 Å². The molecule has 6 heteroatoms. The highest BCUT2D eigenvalue weighted by atomic mass is 127. The van der Waals surface area contributed by atoms with E-state index in [2.05, 4.69) is 36.0 Å². The molecule has 2 aliphatic heterocycles. The number of hydrogen-bond acceptors (Lipinski definition) is 3. The van der Waals surface area contributed by atoms with Gasteiger partial charge in [0, 0.05) is 12.1 Å². The van der Waals surface area contributed by atoms with Crippen molar-refractivity contribution in [2.45, 2.75) is 57.9 Å². The van der Waals surface area contributed by atoms with Gasteiger partial charge in [-0.25, -0.2) is 0 Å². The molecule has 0 spiro atoms. The van der Waals surface area contributed by atoms with Crippen LogP contribution in [0.5, 0.6) is 0 Å². The smallest absolute Gasteiger partial charge is 0.188 e. The summed E-state index contributed by atoms with van der Waals surface area (Å²) in [6.45, 7) is 11.1. The first-order valence-electron chi connectivity index (χ1n) is 9.49. The predicted molar refractivity (Wildman–Crippen MR) is 114 cm³/mol. The third kappa shape index (κ3) is 6.67. The Balaban J connectivity index is 0.00000288. The molecule has 0 aliphatic carbocycles. The lowest BCUT2D eigenvalue weighted by atomic mass is 9.84. The minimum atomic E-state index is 0. The van der Waals surface area contributed by atoms with Crippen LogP contribution >= 0.6 is 24.0 Å². The average molecular weight is 451 g/mol. The Morgan fingerprint density at radius 3 is 2.33 bits per heavy atom. The van der Waals surface area contributed by atoms with Crippen LogP contribution < -0.4 is 11.1 Å². The van der Waals surface area contributed by atoms with Crippen molar-refractivity contribution in [3.8, 4) is 0 Å². The van der Waals surface area contributed by atoms with Crippen molar-refractivity contribution < 1.29 is 0 Å². The van der Waals surface area contributed by atoms with Gasteiger partial charge in [-0.05, 0) is 71.2 Å². The van der Waals surface area contributed by atoms with Crippen molar-refractivity contribution in [3.05, 3.63) is 0 Å². The van der Waals surface area contributed by atoms with E-state index in [9.17, 15) is 0 Å². The molecule has 2 heterocycles. The SMILES string of the molecule is CC(C)CCNC(N)=NCC1(N2CCCCC2)CCN(C)CC1.I. The van der Waals surface area contributed by atoms with Crippen LogP contribution in [0.3, 0.4) is 0 Å². The lowest BCUT2D eigenvalue weighted by Crippen LogP contribution is -2.58. The zero-order valence-corrected chi connectivity index (χ0v) is 18.2. The zero-order chi connectivity index (χ0) is 16.7. The maximum absolute atomic E-state index is 6.10. The fourth-order valence-electron chi connectivity index (χ4n) is 3.75. The van der Waals surface area contributed by atoms with E-state index in [4.69, 9.17) is 10.7 Å². The van der Waals surface area contributed by atoms with Gasteiger partial charge in [-0.15, -0.1) is 24.0 Å². The van der Waals surface area contributed by atoms with Crippen LogP contribution in [0.15, 0.2) is 4.99 Å². The number of hydrogen-bond donors (Lipinski definition) is 2. The van der Waals surface area contributed by atoms with Crippen LogP contribution in [-0.4, -0.2) is 67.6 Å². The van der Waals surface area contributed by atoms with Crippen molar-refractivity contribution in [2.75, 3.05) is 46.3 Å². The Hall–Kier alpha value is -0.0800. The Bertz CT molecular complexity index is 372. The van der Waals surface area contributed by atoms with E-state index in [-0.39, 0.29) is 29.5 Å². The van der Waals surface area contributed by atoms with Gasteiger partial charge in [0.1, 0.15) is 0 Å². The molecular weight excluding hydrogens is 413 g/mol. The summed E-state index contributed by atoms with van der Waals surface area (Å²) in [6.07, 6.45) is 7.62. The molecule has 0 aromatic heterocycles. The van der Waals surface area contributed by atoms with Crippen molar-refractivity contribution >= 4 is 29.9 Å². The van der Waals surface area contributed by atoms with Gasteiger partial charge in [-0.2, -0.15) is 0 Å². The second-order valence-electron chi connectivity index (χ2n) is 7.89. The molecule has 0 aromatic rings. The zero-order valence-electron chi connectivity index (χ0n) is 15.9. The Labute approximate surface area is 165 Å². The van der Waals surface area contributed by atoms with Crippen molar-refractivity contribution in [2.24, 2.45) is 16.6 Å². The maximum Gasteiger partial charge on any atom is 0.188 e. The number of halogens is 1. The monoisotopic (exact) mass is 451 g/mol. The summed E-state index contributed by atoms with van der Waals surface area (Å²) in [5.74, 6) is 1.32. The van der Waals surface area contributed by atoms with E-state index in [0.29, 0.717) is 11.9 Å². The quantitative estimate of drug-likeness (QED) is 0.370. The summed E-state index contributed by atoms with van der Waals surface area (Å²) >= 11 is 0. The first-order valence-corrected chi connectivity index (χ1v) is 9.49. The standard InChI is InChI=1S/C18H37N5.HI/c1-16(2)7-10-20-17(19)21-15-18(8-13-22(3)14-9-18)23-11-5-4-6-12-23;/h16H,4-15H2,1-3H3,(H3,19,20,21);1H. The predicted octanol–water partition coefficient (Wildman–Crippen LogP) is 2.51. The van der Waals surface area contributed by atoms with Crippen molar-refractivity contribution in [1.29, 1.82) is 0 Å². The molecular formula is C18H38IN5. The second kappa shape index (κ2) is 10.8. The molecule has 0 radical (unpaired) electrons. The van der Waals surface area contributed by atoms with Crippen LogP contribution in [0.2, 0.25) is 0 Å². The number of nitrogens with zero attached hydrogens (tertiary/aromatic N) is 3. The average Bonchev–Trinajstić information content (AvgIpc) is 2.55. The molecule has 0 atom stereocenters. The molecule has 0 amide bonds. The minimum absolute atomic E-state index is 0. The van der Waals surface area contributed by atoms with Gasteiger partial charge in [0.2, 0.25) is 0 Å². The highest BCUT2D eigenvalue weighted by Gasteiger charge is 2.39. The third-order valence-electron chi connectivity index (χ3n) is 5.52. The second-order valence-corrected chi connectivity index (χ2v) is 7.89. The molecule has 142 valence electrons. The number of aliphatic imine (C=N–C) groups is 1. The molecule has 5 nitrogen and oxygen atoms in total. The number of guanidine groups is 1. The molecule has 24 heavy (non-hydrogen) atoms. The lowest BCUT2D eigenvalue weighted by Gasteiger charge is -2.49. The van der Waals surface area contributed by atoms with E-state index in [1.54, 1.807) is 0 Å². The van der Waals surface area contributed by atoms with E-state index in [0.717, 1.165) is 19.5 Å². The third-order valence-corrected chi connectivity index (χ3v) is 5.52. The van der Waals surface area contributed by atoms with E-state index in [1.165, 1.54) is 58.3 Å². The van der Waals surface area contributed by atoms with Gasteiger partial charge in [-0.3, -0.25) is 9.89 Å². The van der Waals surface area contributed by atoms with Gasteiger partial charge >= 0.3 is 0 Å². The largest absolute Gasteiger partial charge is 0.370 e. The van der Waals surface area contributed by atoms with Gasteiger partial charge in [0.15, 0.2) is 5.96 Å². The fourth-order valence-corrected chi connectivity index (χ4v) is 3.75. The fraction of sp³-hybridized carbons (Fsp3) is 0.944. The van der Waals surface area contributed by atoms with Gasteiger partial charge in [0.05, 0.1) is 6.54 Å². The lowest BCUT2D eigenvalue weighted by molar-refractivity contribution is 0.0208. The van der Waals surface area contributed by atoms with E-state index in [1.807, 2.05) is 0 Å². The van der Waals surface area contributed by atoms with Crippen LogP contribution in [-0.2, 0) is 0 Å². The molecule has 3 N–H and O–H groups in total. The van der Waals surface area contributed by atoms with E-state index < -0.39 is 0 Å². The maximum atomic E-state index is 6.10. The highest BCUT2D eigenvalue weighted by molar-refractivity contribution is 14.0. The van der Waals surface area contributed by atoms with E-state index >= 15 is 0 Å². The highest BCUT2D eigenvalue weighted by Crippen LogP contribution is 2.31. The molecule has 0 aromatic carbocycles. The summed E-state index contributed by atoms with van der Waals surface area (Å²) in [5, 5.41) is 3.28. The van der Waals surface area contributed by atoms with Crippen molar-refractivity contribution in [1.82, 2.24) is 15.1 Å². The number of nitrogens with two attached hydrogens (primary N) is 1. The molecule has 2 aliphatic rings. The summed E-state index contributed by atoms with van der Waals surface area (Å²) in [5.41, 5.74) is 6.34. The van der Waals surface area contributed by atoms with Gasteiger partial charge < -0.3 is 16.0 Å². The topological polar surface area (TPSA) is 56.9 Å². The summed E-state index contributed by atoms with van der Waals surface area (Å²) in [4.78, 5) is 9.90. The van der Waals surface area contributed by atoms with Gasteiger partial charge in [-0.1, -0.05) is 20.3 Å². The van der Waals surface area contributed by atoms with Crippen molar-refractivity contribution in [3.63, 3.8) is 0 Å². The van der Waals surface area contributed by atoms with Crippen LogP contribution in [0.25, 0.3) is 0 Å². The molecule has 0 bridgehead atoms. The van der Waals surface area contributed by atoms with Crippen LogP contribution in [0, 0.1) is 5.92 Å². The molecule has 2 saturated heterocycles. The first kappa shape index (κ1) is 22.0. The number of nitrogens with one attached hydrogen (secondary N) is 1. The Kier molecular flexibility index (Phi) is 9.89. The molecule has 0 saturated carbocycles.